The van der Waals surface area contributed by atoms with Crippen LogP contribution in [0.5, 0.6) is 5.75 Å². The summed E-state index contributed by atoms with van der Waals surface area (Å²) >= 11 is 10.5. The molecule has 0 bridgehead atoms. The van der Waals surface area contributed by atoms with Crippen molar-refractivity contribution in [2.75, 3.05) is 6.61 Å². The van der Waals surface area contributed by atoms with E-state index >= 15 is 0 Å². The van der Waals surface area contributed by atoms with Gasteiger partial charge in [-0.25, -0.2) is 4.57 Å². The van der Waals surface area contributed by atoms with Gasteiger partial charge in [0.2, 0.25) is 0 Å². The van der Waals surface area contributed by atoms with Gasteiger partial charge in [0, 0.05) is 11.8 Å². The Balaban J connectivity index is 1.77. The highest BCUT2D eigenvalue weighted by Gasteiger charge is 2.45. The Morgan fingerprint density at radius 3 is 2.53 bits per heavy atom. The predicted octanol–water partition coefficient (Wildman–Crippen LogP) is 3.34. The van der Waals surface area contributed by atoms with E-state index < -0.39 is 50.9 Å². The minimum atomic E-state index is -4.18. The van der Waals surface area contributed by atoms with Crippen molar-refractivity contribution in [1.82, 2.24) is 14.6 Å². The minimum Gasteiger partial charge on any atom is -0.462 e. The van der Waals surface area contributed by atoms with Crippen LogP contribution in [0.4, 0.5) is 0 Å². The number of hydrogen-bond donors (Lipinski definition) is 4. The number of aliphatic hydroxyl groups excluding tert-OH is 2. The third-order valence-corrected chi connectivity index (χ3v) is 7.57. The molecular formula is C22H30N3O8PS2. The number of para-hydroxylation sites is 1. The second-order valence-corrected chi connectivity index (χ2v) is 11.0. The molecule has 0 amide bonds. The molecule has 14 heteroatoms. The third kappa shape index (κ3) is 7.08. The van der Waals surface area contributed by atoms with Crippen LogP contribution in [0.1, 0.15) is 32.6 Å². The average molecular weight is 560 g/mol. The molecule has 2 aromatic rings. The lowest BCUT2D eigenvalue weighted by Crippen LogP contribution is -2.38. The largest absolute Gasteiger partial charge is 0.462 e. The molecule has 198 valence electrons. The maximum Gasteiger partial charge on any atom is 0.459 e. The number of aryl methyl sites for hydroxylation is 1. The molecule has 1 aromatic heterocycles. The number of rotatable bonds is 10. The Kier molecular flexibility index (Phi) is 9.58. The Bertz CT molecular complexity index is 1220. The van der Waals surface area contributed by atoms with Crippen molar-refractivity contribution in [1.29, 1.82) is 0 Å². The number of nitrogens with zero attached hydrogens (tertiary/aromatic N) is 1. The van der Waals surface area contributed by atoms with E-state index in [2.05, 4.69) is 10.1 Å². The van der Waals surface area contributed by atoms with Gasteiger partial charge >= 0.3 is 13.7 Å². The Morgan fingerprint density at radius 2 is 1.89 bits per heavy atom. The SMILES string of the molecule is Cc1cn([C@H]2O[C@@H](COP(=O)(N[C@@H](C)C(=O)OC(C)C)Oc3ccccc3)C(O)[C@H]2O)c(=S)[nH]c1=S. The molecule has 4 N–H and O–H groups in total. The fraction of sp³-hybridized carbons (Fsp3) is 0.500. The maximum absolute atomic E-state index is 13.6. The number of H-pyrrole nitrogens is 1. The number of nitrogens with one attached hydrogen (secondary N) is 2. The number of benzene rings is 1. The molecule has 0 spiro atoms. The summed E-state index contributed by atoms with van der Waals surface area (Å²) in [5.41, 5.74) is 0.691. The summed E-state index contributed by atoms with van der Waals surface area (Å²) in [5, 5.41) is 23.8. The number of aromatic nitrogens is 2. The van der Waals surface area contributed by atoms with Crippen molar-refractivity contribution in [3.05, 3.63) is 51.5 Å². The molecule has 6 atom stereocenters. The topological polar surface area (TPSA) is 144 Å². The number of ether oxygens (including phenoxy) is 2. The van der Waals surface area contributed by atoms with Gasteiger partial charge in [0.15, 0.2) is 11.0 Å². The highest BCUT2D eigenvalue weighted by atomic mass is 32.1. The van der Waals surface area contributed by atoms with Crippen LogP contribution < -0.4 is 9.61 Å². The van der Waals surface area contributed by atoms with Crippen molar-refractivity contribution in [2.24, 2.45) is 0 Å². The molecule has 0 radical (unpaired) electrons. The normalized spacial score (nSPS) is 24.3. The van der Waals surface area contributed by atoms with Gasteiger partial charge in [-0.2, -0.15) is 5.09 Å². The van der Waals surface area contributed by atoms with E-state index in [1.54, 1.807) is 57.3 Å². The van der Waals surface area contributed by atoms with Crippen molar-refractivity contribution >= 4 is 38.2 Å². The first-order chi connectivity index (χ1) is 16.9. The number of carbonyl (C=O) groups is 1. The maximum atomic E-state index is 13.6. The number of carbonyl (C=O) groups excluding carboxylic acids is 1. The highest BCUT2D eigenvalue weighted by Crippen LogP contribution is 2.46. The molecular weight excluding hydrogens is 529 g/mol. The van der Waals surface area contributed by atoms with Gasteiger partial charge in [-0.1, -0.05) is 30.4 Å². The summed E-state index contributed by atoms with van der Waals surface area (Å²) in [6.07, 6.45) is -3.67. The number of hydrogen-bond acceptors (Lipinski definition) is 10. The molecule has 1 fully saturated rings. The van der Waals surface area contributed by atoms with E-state index in [0.29, 0.717) is 10.2 Å². The average Bonchev–Trinajstić information content (AvgIpc) is 3.08. The quantitative estimate of drug-likeness (QED) is 0.193. The summed E-state index contributed by atoms with van der Waals surface area (Å²) in [6.45, 7) is 6.16. The molecule has 36 heavy (non-hydrogen) atoms. The fourth-order valence-corrected chi connectivity index (χ4v) is 5.35. The summed E-state index contributed by atoms with van der Waals surface area (Å²) in [5.74, 6) is -0.422. The molecule has 0 saturated carbocycles. The zero-order valence-electron chi connectivity index (χ0n) is 20.2. The van der Waals surface area contributed by atoms with Crippen LogP contribution in [-0.2, 0) is 23.4 Å². The lowest BCUT2D eigenvalue weighted by Gasteiger charge is -2.25. The third-order valence-electron chi connectivity index (χ3n) is 5.19. The van der Waals surface area contributed by atoms with E-state index in [1.165, 1.54) is 11.5 Å². The van der Waals surface area contributed by atoms with Gasteiger partial charge in [0.25, 0.3) is 0 Å². The standard InChI is InChI=1S/C22H30N3O8PS2/c1-12(2)31-21(28)14(4)24-34(29,33-15-8-6-5-7-9-15)30-11-16-17(26)18(27)20(32-16)25-10-13(3)19(35)23-22(25)36/h5-10,12,14,16-18,20,26-27H,11H2,1-4H3,(H,24,29)(H,23,35,36)/t14-,16-,17?,18+,20-,34?/m0/s1. The van der Waals surface area contributed by atoms with Gasteiger partial charge < -0.3 is 29.2 Å². The highest BCUT2D eigenvalue weighted by molar-refractivity contribution is 7.72. The molecule has 1 aromatic carbocycles. The lowest BCUT2D eigenvalue weighted by molar-refractivity contribution is -0.149. The first-order valence-electron chi connectivity index (χ1n) is 11.2. The van der Waals surface area contributed by atoms with Gasteiger partial charge in [-0.3, -0.25) is 13.9 Å². The monoisotopic (exact) mass is 559 g/mol. The van der Waals surface area contributed by atoms with Crippen molar-refractivity contribution < 1.29 is 38.1 Å². The number of aromatic amines is 1. The van der Waals surface area contributed by atoms with E-state index in [1.807, 2.05) is 0 Å². The predicted molar refractivity (Wildman–Crippen MR) is 136 cm³/mol. The second kappa shape index (κ2) is 12.1. The van der Waals surface area contributed by atoms with Crippen LogP contribution in [-0.4, -0.2) is 62.8 Å². The van der Waals surface area contributed by atoms with Crippen LogP contribution >= 0.6 is 32.2 Å². The smallest absolute Gasteiger partial charge is 0.459 e. The second-order valence-electron chi connectivity index (χ2n) is 8.56. The molecule has 3 rings (SSSR count). The molecule has 2 heterocycles. The van der Waals surface area contributed by atoms with E-state index in [9.17, 15) is 19.6 Å². The van der Waals surface area contributed by atoms with Crippen LogP contribution in [0.15, 0.2) is 36.5 Å². The first kappa shape index (κ1) is 28.6. The van der Waals surface area contributed by atoms with Gasteiger partial charge in [0.1, 0.15) is 34.7 Å². The molecule has 1 aliphatic rings. The number of aliphatic hydroxyl groups is 2. The summed E-state index contributed by atoms with van der Waals surface area (Å²) in [4.78, 5) is 15.1. The Morgan fingerprint density at radius 1 is 1.22 bits per heavy atom. The summed E-state index contributed by atoms with van der Waals surface area (Å²) < 4.78 is 37.8. The lowest BCUT2D eigenvalue weighted by atomic mass is 10.1. The van der Waals surface area contributed by atoms with Crippen LogP contribution in [0, 0.1) is 16.3 Å². The van der Waals surface area contributed by atoms with Crippen molar-refractivity contribution in [2.45, 2.75) is 64.4 Å². The Hall–Kier alpha value is -1.96. The Labute approximate surface area is 219 Å². The number of esters is 1. The minimum absolute atomic E-state index is 0.195. The van der Waals surface area contributed by atoms with Crippen LogP contribution in [0.3, 0.4) is 0 Å². The molecule has 11 nitrogen and oxygen atoms in total. The van der Waals surface area contributed by atoms with Gasteiger partial charge in [-0.05, 0) is 52.0 Å². The summed E-state index contributed by atoms with van der Waals surface area (Å²) in [7, 11) is -4.18. The van der Waals surface area contributed by atoms with Crippen LogP contribution in [0.25, 0.3) is 0 Å². The van der Waals surface area contributed by atoms with E-state index in [-0.39, 0.29) is 16.6 Å². The summed E-state index contributed by atoms with van der Waals surface area (Å²) in [6, 6.07) is 7.21. The van der Waals surface area contributed by atoms with Gasteiger partial charge in [0.05, 0.1) is 12.7 Å². The van der Waals surface area contributed by atoms with Crippen LogP contribution in [0.2, 0.25) is 0 Å². The molecule has 1 saturated heterocycles. The molecule has 0 aliphatic carbocycles. The van der Waals surface area contributed by atoms with Crippen molar-refractivity contribution in [3.63, 3.8) is 0 Å². The molecule has 2 unspecified atom stereocenters. The van der Waals surface area contributed by atoms with Crippen molar-refractivity contribution in [3.8, 4) is 5.75 Å². The molecule has 1 aliphatic heterocycles. The zero-order valence-corrected chi connectivity index (χ0v) is 22.7. The van der Waals surface area contributed by atoms with Gasteiger partial charge in [-0.15, -0.1) is 0 Å². The first-order valence-corrected chi connectivity index (χ1v) is 13.6. The fourth-order valence-electron chi connectivity index (χ4n) is 3.38. The van der Waals surface area contributed by atoms with E-state index in [4.69, 9.17) is 43.0 Å². The van der Waals surface area contributed by atoms with E-state index in [0.717, 1.165) is 0 Å². The zero-order chi connectivity index (χ0) is 26.6.